The van der Waals surface area contributed by atoms with E-state index < -0.39 is 0 Å². The molecule has 0 unspecified atom stereocenters. The molecule has 0 N–H and O–H groups in total. The normalized spacial score (nSPS) is 11.6. The van der Waals surface area contributed by atoms with Crippen LogP contribution < -0.4 is 0 Å². The van der Waals surface area contributed by atoms with Gasteiger partial charge in [0.25, 0.3) is 0 Å². The van der Waals surface area contributed by atoms with E-state index in [9.17, 15) is 0 Å². The van der Waals surface area contributed by atoms with Crippen LogP contribution in [0.3, 0.4) is 0 Å². The molecule has 0 saturated heterocycles. The van der Waals surface area contributed by atoms with Crippen LogP contribution in [0.25, 0.3) is 88.4 Å². The summed E-state index contributed by atoms with van der Waals surface area (Å²) in [4.78, 5) is 0. The predicted molar refractivity (Wildman–Crippen MR) is 211 cm³/mol. The molecule has 2 heteroatoms. The Balaban J connectivity index is 1.23. The molecule has 0 aliphatic rings. The lowest BCUT2D eigenvalue weighted by molar-refractivity contribution is 1.18. The van der Waals surface area contributed by atoms with Crippen LogP contribution >= 0.6 is 0 Å². The van der Waals surface area contributed by atoms with E-state index in [4.69, 9.17) is 0 Å². The Hall–Kier alpha value is -6.64. The van der Waals surface area contributed by atoms with Gasteiger partial charge in [0.2, 0.25) is 0 Å². The Kier molecular flexibility index (Phi) is 6.53. The third kappa shape index (κ3) is 4.50. The van der Waals surface area contributed by atoms with Gasteiger partial charge in [-0.05, 0) is 100 Å². The molecule has 0 radical (unpaired) electrons. The van der Waals surface area contributed by atoms with Crippen LogP contribution in [0.15, 0.2) is 194 Å². The van der Waals surface area contributed by atoms with Gasteiger partial charge in [0.05, 0.1) is 22.1 Å². The van der Waals surface area contributed by atoms with Crippen molar-refractivity contribution in [2.75, 3.05) is 0 Å². The number of hydrogen-bond donors (Lipinski definition) is 0. The molecular weight excluding hydrogens is 605 g/mol. The van der Waals surface area contributed by atoms with Crippen molar-refractivity contribution in [3.8, 4) is 44.8 Å². The number of rotatable bonds is 5. The molecule has 0 atom stereocenters. The second-order valence-electron chi connectivity index (χ2n) is 13.0. The molecule has 10 rings (SSSR count). The smallest absolute Gasteiger partial charge is 0.0547 e. The number of nitrogens with zero attached hydrogens (tertiary/aromatic N) is 2. The van der Waals surface area contributed by atoms with Crippen LogP contribution in [-0.2, 0) is 0 Å². The summed E-state index contributed by atoms with van der Waals surface area (Å²) in [5, 5.41) is 5.02. The number of para-hydroxylation sites is 2. The predicted octanol–water partition coefficient (Wildman–Crippen LogP) is 12.9. The van der Waals surface area contributed by atoms with Crippen molar-refractivity contribution in [1.82, 2.24) is 9.13 Å². The number of fused-ring (bicyclic) bond motifs is 6. The minimum absolute atomic E-state index is 1.16. The Morgan fingerprint density at radius 2 is 0.680 bits per heavy atom. The summed E-state index contributed by atoms with van der Waals surface area (Å²) in [5.74, 6) is 0. The van der Waals surface area contributed by atoms with Crippen LogP contribution in [0.5, 0.6) is 0 Å². The van der Waals surface area contributed by atoms with Gasteiger partial charge in [0, 0.05) is 32.9 Å². The molecule has 0 spiro atoms. The van der Waals surface area contributed by atoms with Crippen LogP contribution in [-0.4, -0.2) is 9.13 Å². The van der Waals surface area contributed by atoms with E-state index in [1.807, 2.05) is 0 Å². The molecule has 0 amide bonds. The molecule has 2 heterocycles. The van der Waals surface area contributed by atoms with Gasteiger partial charge < -0.3 is 9.13 Å². The lowest BCUT2D eigenvalue weighted by Crippen LogP contribution is -1.93. The Morgan fingerprint density at radius 3 is 1.22 bits per heavy atom. The fraction of sp³-hybridized carbons (Fsp3) is 0. The second-order valence-corrected chi connectivity index (χ2v) is 13.0. The molecule has 0 aliphatic carbocycles. The maximum absolute atomic E-state index is 2.41. The third-order valence-electron chi connectivity index (χ3n) is 10.1. The first-order valence-corrected chi connectivity index (χ1v) is 17.2. The summed E-state index contributed by atoms with van der Waals surface area (Å²) in [7, 11) is 0. The standard InChI is InChI=1S/C48H32N2/c1-5-14-33(15-6-1)35-24-27-44-41(30-35)42-31-36(25-28-45(42)49(44)38-18-9-3-10-19-38)37-26-29-46-43(32-37)48-40(34-16-7-2-8-17-34)22-13-23-47(48)50(46)39-20-11-4-12-21-39/h1-32H. The van der Waals surface area contributed by atoms with Crippen molar-refractivity contribution >= 4 is 43.6 Å². The van der Waals surface area contributed by atoms with E-state index in [0.717, 1.165) is 11.4 Å². The van der Waals surface area contributed by atoms with E-state index in [-0.39, 0.29) is 0 Å². The van der Waals surface area contributed by atoms with Gasteiger partial charge in [-0.1, -0.05) is 127 Å². The Labute approximate surface area is 290 Å². The molecule has 0 aliphatic heterocycles. The quantitative estimate of drug-likeness (QED) is 0.178. The minimum atomic E-state index is 1.16. The molecule has 0 bridgehead atoms. The molecular formula is C48H32N2. The van der Waals surface area contributed by atoms with Gasteiger partial charge in [-0.2, -0.15) is 0 Å². The molecule has 2 nitrogen and oxygen atoms in total. The summed E-state index contributed by atoms with van der Waals surface area (Å²) in [5.41, 5.74) is 14.5. The van der Waals surface area contributed by atoms with E-state index in [0.29, 0.717) is 0 Å². The van der Waals surface area contributed by atoms with Gasteiger partial charge in [0.15, 0.2) is 0 Å². The maximum Gasteiger partial charge on any atom is 0.0547 e. The summed E-state index contributed by atoms with van der Waals surface area (Å²) in [6.45, 7) is 0. The van der Waals surface area contributed by atoms with E-state index in [2.05, 4.69) is 203 Å². The second kappa shape index (κ2) is 11.5. The van der Waals surface area contributed by atoms with E-state index in [1.54, 1.807) is 0 Å². The summed E-state index contributed by atoms with van der Waals surface area (Å²) in [6.07, 6.45) is 0. The fourth-order valence-electron chi connectivity index (χ4n) is 7.83. The molecule has 50 heavy (non-hydrogen) atoms. The van der Waals surface area contributed by atoms with Crippen LogP contribution in [0.1, 0.15) is 0 Å². The highest BCUT2D eigenvalue weighted by Crippen LogP contribution is 2.42. The molecule has 2 aromatic heterocycles. The van der Waals surface area contributed by atoms with Crippen molar-refractivity contribution in [3.63, 3.8) is 0 Å². The first-order valence-electron chi connectivity index (χ1n) is 17.2. The largest absolute Gasteiger partial charge is 0.309 e. The van der Waals surface area contributed by atoms with Crippen LogP contribution in [0.2, 0.25) is 0 Å². The van der Waals surface area contributed by atoms with Gasteiger partial charge in [-0.25, -0.2) is 0 Å². The Morgan fingerprint density at radius 1 is 0.260 bits per heavy atom. The fourth-order valence-corrected chi connectivity index (χ4v) is 7.83. The zero-order valence-corrected chi connectivity index (χ0v) is 27.4. The van der Waals surface area contributed by atoms with Gasteiger partial charge in [-0.15, -0.1) is 0 Å². The lowest BCUT2D eigenvalue weighted by Gasteiger charge is -2.09. The summed E-state index contributed by atoms with van der Waals surface area (Å²) in [6, 6.07) is 70.4. The molecule has 234 valence electrons. The summed E-state index contributed by atoms with van der Waals surface area (Å²) >= 11 is 0. The van der Waals surface area contributed by atoms with Crippen molar-refractivity contribution < 1.29 is 0 Å². The number of hydrogen-bond acceptors (Lipinski definition) is 0. The van der Waals surface area contributed by atoms with E-state index >= 15 is 0 Å². The molecule has 10 aromatic rings. The zero-order valence-electron chi connectivity index (χ0n) is 27.4. The van der Waals surface area contributed by atoms with E-state index in [1.165, 1.54) is 77.0 Å². The average molecular weight is 637 g/mol. The van der Waals surface area contributed by atoms with Crippen molar-refractivity contribution in [2.24, 2.45) is 0 Å². The molecule has 8 aromatic carbocycles. The molecule has 0 saturated carbocycles. The highest BCUT2D eigenvalue weighted by molar-refractivity contribution is 6.17. The van der Waals surface area contributed by atoms with Crippen LogP contribution in [0.4, 0.5) is 0 Å². The van der Waals surface area contributed by atoms with Gasteiger partial charge >= 0.3 is 0 Å². The Bertz CT molecular complexity index is 2830. The average Bonchev–Trinajstić information content (AvgIpc) is 3.71. The van der Waals surface area contributed by atoms with Crippen molar-refractivity contribution in [2.45, 2.75) is 0 Å². The molecule has 0 fully saturated rings. The third-order valence-corrected chi connectivity index (χ3v) is 10.1. The zero-order chi connectivity index (χ0) is 33.0. The maximum atomic E-state index is 2.41. The van der Waals surface area contributed by atoms with Gasteiger partial charge in [-0.3, -0.25) is 0 Å². The van der Waals surface area contributed by atoms with Crippen molar-refractivity contribution in [1.29, 1.82) is 0 Å². The highest BCUT2D eigenvalue weighted by Gasteiger charge is 2.18. The SMILES string of the molecule is c1ccc(-c2ccc3c(c2)c2cc(-c4ccc5c(c4)c4c(-c6ccccc6)cccc4n5-c4ccccc4)ccc2n3-c2ccccc2)cc1. The lowest BCUT2D eigenvalue weighted by atomic mass is 9.96. The summed E-state index contributed by atoms with van der Waals surface area (Å²) < 4.78 is 4.80. The highest BCUT2D eigenvalue weighted by atomic mass is 15.0. The number of aromatic nitrogens is 2. The topological polar surface area (TPSA) is 9.86 Å². The first kappa shape index (κ1) is 28.4. The van der Waals surface area contributed by atoms with Crippen LogP contribution in [0, 0.1) is 0 Å². The van der Waals surface area contributed by atoms with Gasteiger partial charge in [0.1, 0.15) is 0 Å². The first-order chi connectivity index (χ1) is 24.8. The monoisotopic (exact) mass is 636 g/mol. The number of benzene rings is 8. The van der Waals surface area contributed by atoms with Crippen molar-refractivity contribution in [3.05, 3.63) is 194 Å². The minimum Gasteiger partial charge on any atom is -0.309 e.